The van der Waals surface area contributed by atoms with E-state index < -0.39 is 0 Å². The van der Waals surface area contributed by atoms with Crippen LogP contribution in [0.15, 0.2) is 40.3 Å². The Morgan fingerprint density at radius 1 is 1.39 bits per heavy atom. The molecule has 1 amide bonds. The summed E-state index contributed by atoms with van der Waals surface area (Å²) < 4.78 is 1.57. The second-order valence-electron chi connectivity index (χ2n) is 5.34. The van der Waals surface area contributed by atoms with Crippen molar-refractivity contribution in [3.63, 3.8) is 0 Å². The summed E-state index contributed by atoms with van der Waals surface area (Å²) in [5.41, 5.74) is 0.865. The lowest BCUT2D eigenvalue weighted by atomic mass is 10.1. The van der Waals surface area contributed by atoms with E-state index in [0.29, 0.717) is 11.7 Å². The van der Waals surface area contributed by atoms with Gasteiger partial charge in [0.15, 0.2) is 5.16 Å². The second-order valence-corrected chi connectivity index (χ2v) is 6.29. The number of amides is 1. The van der Waals surface area contributed by atoms with Gasteiger partial charge < -0.3 is 4.90 Å². The van der Waals surface area contributed by atoms with Gasteiger partial charge in [0.1, 0.15) is 0 Å². The first kappa shape index (κ1) is 17.3. The third-order valence-electron chi connectivity index (χ3n) is 3.75. The smallest absolute Gasteiger partial charge is 0.338 e. The number of aromatic nitrogens is 3. The number of thioether (sulfide) groups is 1. The van der Waals surface area contributed by atoms with Gasteiger partial charge in [-0.3, -0.25) is 9.36 Å². The SMILES string of the molecule is CCCn1c(SCC(=O)N(C)[C@H](C)c2ccccc2)n[nH]c1=O. The number of nitrogens with zero attached hydrogens (tertiary/aromatic N) is 3. The highest BCUT2D eigenvalue weighted by atomic mass is 32.2. The number of aromatic amines is 1. The molecule has 1 aromatic carbocycles. The summed E-state index contributed by atoms with van der Waals surface area (Å²) in [7, 11) is 1.80. The number of carbonyl (C=O) groups excluding carboxylic acids is 1. The molecular weight excluding hydrogens is 312 g/mol. The predicted octanol–water partition coefficient (Wildman–Crippen LogP) is 2.29. The van der Waals surface area contributed by atoms with Crippen LogP contribution in [0.1, 0.15) is 31.9 Å². The van der Waals surface area contributed by atoms with Gasteiger partial charge in [-0.15, -0.1) is 5.10 Å². The minimum absolute atomic E-state index is 0.00122. The summed E-state index contributed by atoms with van der Waals surface area (Å²) in [6.07, 6.45) is 0.839. The zero-order chi connectivity index (χ0) is 16.8. The number of hydrogen-bond donors (Lipinski definition) is 1. The number of H-pyrrole nitrogens is 1. The van der Waals surface area contributed by atoms with E-state index in [-0.39, 0.29) is 23.4 Å². The van der Waals surface area contributed by atoms with Crippen LogP contribution in [0.25, 0.3) is 0 Å². The zero-order valence-electron chi connectivity index (χ0n) is 13.7. The Bertz CT molecular complexity index is 696. The molecule has 7 heteroatoms. The molecule has 1 aromatic heterocycles. The van der Waals surface area contributed by atoms with E-state index in [0.717, 1.165) is 12.0 Å². The molecule has 0 unspecified atom stereocenters. The molecule has 0 bridgehead atoms. The Hall–Kier alpha value is -2.02. The van der Waals surface area contributed by atoms with Crippen LogP contribution in [0.2, 0.25) is 0 Å². The minimum atomic E-state index is -0.229. The molecule has 124 valence electrons. The summed E-state index contributed by atoms with van der Waals surface area (Å²) in [5.74, 6) is 0.256. The molecule has 1 N–H and O–H groups in total. The number of rotatable bonds is 7. The number of benzene rings is 1. The predicted molar refractivity (Wildman–Crippen MR) is 91.5 cm³/mol. The van der Waals surface area contributed by atoms with Gasteiger partial charge in [0.05, 0.1) is 11.8 Å². The molecule has 1 atom stereocenters. The maximum Gasteiger partial charge on any atom is 0.343 e. The summed E-state index contributed by atoms with van der Waals surface area (Å²) in [4.78, 5) is 25.7. The van der Waals surface area contributed by atoms with E-state index in [1.54, 1.807) is 16.5 Å². The number of hydrogen-bond acceptors (Lipinski definition) is 4. The highest BCUT2D eigenvalue weighted by Crippen LogP contribution is 2.21. The molecule has 0 spiro atoms. The van der Waals surface area contributed by atoms with E-state index in [1.807, 2.05) is 44.2 Å². The number of nitrogens with one attached hydrogen (secondary N) is 1. The first-order valence-electron chi connectivity index (χ1n) is 7.63. The van der Waals surface area contributed by atoms with E-state index in [9.17, 15) is 9.59 Å². The molecule has 0 aliphatic rings. The van der Waals surface area contributed by atoms with Crippen molar-refractivity contribution in [2.75, 3.05) is 12.8 Å². The van der Waals surface area contributed by atoms with Crippen molar-refractivity contribution < 1.29 is 4.79 Å². The maximum absolute atomic E-state index is 12.4. The van der Waals surface area contributed by atoms with Gasteiger partial charge in [0.25, 0.3) is 0 Å². The lowest BCUT2D eigenvalue weighted by Crippen LogP contribution is -2.31. The van der Waals surface area contributed by atoms with Crippen LogP contribution in [0.4, 0.5) is 0 Å². The van der Waals surface area contributed by atoms with E-state index in [4.69, 9.17) is 0 Å². The Balaban J connectivity index is 1.98. The van der Waals surface area contributed by atoms with E-state index >= 15 is 0 Å². The van der Waals surface area contributed by atoms with Gasteiger partial charge in [0.2, 0.25) is 5.91 Å². The highest BCUT2D eigenvalue weighted by molar-refractivity contribution is 7.99. The fourth-order valence-electron chi connectivity index (χ4n) is 2.23. The standard InChI is InChI=1S/C16H22N4O2S/c1-4-10-20-15(22)17-18-16(20)23-11-14(21)19(3)12(2)13-8-6-5-7-9-13/h5-9,12H,4,10-11H2,1-3H3,(H,17,22)/t12-/m1/s1. The Morgan fingerprint density at radius 3 is 2.74 bits per heavy atom. The van der Waals surface area contributed by atoms with Crippen LogP contribution in [-0.4, -0.2) is 38.4 Å². The number of carbonyl (C=O) groups is 1. The third-order valence-corrected chi connectivity index (χ3v) is 4.71. The molecule has 0 saturated heterocycles. The topological polar surface area (TPSA) is 71.0 Å². The molecule has 6 nitrogen and oxygen atoms in total. The average molecular weight is 334 g/mol. The van der Waals surface area contributed by atoms with Gasteiger partial charge in [-0.25, -0.2) is 9.89 Å². The summed E-state index contributed by atoms with van der Waals surface area (Å²) >= 11 is 1.29. The van der Waals surface area contributed by atoms with Gasteiger partial charge >= 0.3 is 5.69 Å². The highest BCUT2D eigenvalue weighted by Gasteiger charge is 2.18. The summed E-state index contributed by atoms with van der Waals surface area (Å²) in [6, 6.07) is 9.90. The summed E-state index contributed by atoms with van der Waals surface area (Å²) in [6.45, 7) is 4.59. The van der Waals surface area contributed by atoms with Crippen molar-refractivity contribution in [3.8, 4) is 0 Å². The van der Waals surface area contributed by atoms with Gasteiger partial charge in [0, 0.05) is 13.6 Å². The fourth-order valence-corrected chi connectivity index (χ4v) is 3.13. The lowest BCUT2D eigenvalue weighted by Gasteiger charge is -2.25. The van der Waals surface area contributed by atoms with Gasteiger partial charge in [-0.2, -0.15) is 0 Å². The molecule has 0 aliphatic heterocycles. The van der Waals surface area contributed by atoms with Crippen LogP contribution in [-0.2, 0) is 11.3 Å². The minimum Gasteiger partial charge on any atom is -0.338 e. The maximum atomic E-state index is 12.4. The van der Waals surface area contributed by atoms with Crippen molar-refractivity contribution in [1.82, 2.24) is 19.7 Å². The third kappa shape index (κ3) is 4.25. The quantitative estimate of drug-likeness (QED) is 0.789. The zero-order valence-corrected chi connectivity index (χ0v) is 14.5. The first-order valence-corrected chi connectivity index (χ1v) is 8.61. The van der Waals surface area contributed by atoms with Crippen molar-refractivity contribution in [1.29, 1.82) is 0 Å². The van der Waals surface area contributed by atoms with Gasteiger partial charge in [-0.1, -0.05) is 49.0 Å². The van der Waals surface area contributed by atoms with Crippen molar-refractivity contribution in [2.45, 2.75) is 38.0 Å². The molecule has 0 aliphatic carbocycles. The largest absolute Gasteiger partial charge is 0.343 e. The van der Waals surface area contributed by atoms with Crippen LogP contribution >= 0.6 is 11.8 Å². The molecule has 2 aromatic rings. The molecule has 2 rings (SSSR count). The molecule has 0 fully saturated rings. The van der Waals surface area contributed by atoms with Crippen molar-refractivity contribution in [2.24, 2.45) is 0 Å². The lowest BCUT2D eigenvalue weighted by molar-refractivity contribution is -0.128. The molecule has 23 heavy (non-hydrogen) atoms. The second kappa shape index (κ2) is 8.01. The normalized spacial score (nSPS) is 12.1. The average Bonchev–Trinajstić information content (AvgIpc) is 2.93. The first-order chi connectivity index (χ1) is 11.0. The van der Waals surface area contributed by atoms with E-state index in [1.165, 1.54) is 11.8 Å². The molecule has 1 heterocycles. The molecule has 0 saturated carbocycles. The monoisotopic (exact) mass is 334 g/mol. The molecule has 0 radical (unpaired) electrons. The fraction of sp³-hybridized carbons (Fsp3) is 0.438. The van der Waals surface area contributed by atoms with E-state index in [2.05, 4.69) is 10.2 Å². The summed E-state index contributed by atoms with van der Waals surface area (Å²) in [5, 5.41) is 6.98. The van der Waals surface area contributed by atoms with Crippen LogP contribution < -0.4 is 5.69 Å². The van der Waals surface area contributed by atoms with Gasteiger partial charge in [-0.05, 0) is 18.9 Å². The Morgan fingerprint density at radius 2 is 2.09 bits per heavy atom. The molecular formula is C16H22N4O2S. The van der Waals surface area contributed by atoms with Crippen LogP contribution in [0.3, 0.4) is 0 Å². The Labute approximate surface area is 139 Å². The van der Waals surface area contributed by atoms with Crippen molar-refractivity contribution >= 4 is 17.7 Å². The van der Waals surface area contributed by atoms with Crippen molar-refractivity contribution in [3.05, 3.63) is 46.4 Å². The van der Waals surface area contributed by atoms with Crippen LogP contribution in [0, 0.1) is 0 Å². The van der Waals surface area contributed by atoms with Crippen LogP contribution in [0.5, 0.6) is 0 Å². The Kier molecular flexibility index (Phi) is 6.04.